The molecule has 0 aromatic heterocycles. The Bertz CT molecular complexity index is 117. The molecule has 0 radical (unpaired) electrons. The first kappa shape index (κ1) is 10.3. The Hall–Kier alpha value is 0.230. The van der Waals surface area contributed by atoms with E-state index in [1.807, 2.05) is 6.92 Å². The van der Waals surface area contributed by atoms with Crippen molar-refractivity contribution in [1.82, 2.24) is 9.80 Å². The van der Waals surface area contributed by atoms with Gasteiger partial charge in [-0.2, -0.15) is 12.6 Å². The average molecular weight is 190 g/mol. The molecule has 0 spiro atoms. The molecule has 3 nitrogen and oxygen atoms in total. The highest BCUT2D eigenvalue weighted by Gasteiger charge is 2.20. The maximum Gasteiger partial charge on any atom is 0.104 e. The predicted octanol–water partition coefficient (Wildman–Crippen LogP) is 0.218. The van der Waals surface area contributed by atoms with E-state index >= 15 is 0 Å². The van der Waals surface area contributed by atoms with Crippen LogP contribution in [0.25, 0.3) is 0 Å². The molecule has 1 rings (SSSR count). The van der Waals surface area contributed by atoms with Gasteiger partial charge in [0.15, 0.2) is 0 Å². The Morgan fingerprint density at radius 1 is 1.08 bits per heavy atom. The summed E-state index contributed by atoms with van der Waals surface area (Å²) in [5.41, 5.74) is 0. The second-order valence-electron chi connectivity index (χ2n) is 3.34. The van der Waals surface area contributed by atoms with Crippen molar-refractivity contribution in [1.29, 1.82) is 0 Å². The lowest BCUT2D eigenvalue weighted by molar-refractivity contribution is -0.0136. The van der Waals surface area contributed by atoms with Crippen molar-refractivity contribution in [2.45, 2.75) is 25.4 Å². The minimum atomic E-state index is -0.303. The average Bonchev–Trinajstić information content (AvgIpc) is 2.04. The van der Waals surface area contributed by atoms with Gasteiger partial charge in [-0.1, -0.05) is 0 Å². The van der Waals surface area contributed by atoms with Gasteiger partial charge < -0.3 is 5.11 Å². The van der Waals surface area contributed by atoms with Crippen molar-refractivity contribution in [3.63, 3.8) is 0 Å². The molecule has 0 amide bonds. The van der Waals surface area contributed by atoms with Crippen LogP contribution in [0.3, 0.4) is 0 Å². The largest absolute Gasteiger partial charge is 0.379 e. The summed E-state index contributed by atoms with van der Waals surface area (Å²) in [4.78, 5) is 4.38. The maximum absolute atomic E-state index is 9.29. The van der Waals surface area contributed by atoms with E-state index < -0.39 is 0 Å². The quantitative estimate of drug-likeness (QED) is 0.610. The van der Waals surface area contributed by atoms with Crippen LogP contribution in [-0.2, 0) is 0 Å². The highest BCUT2D eigenvalue weighted by Crippen LogP contribution is 2.09. The molecule has 1 aliphatic rings. The molecule has 0 aliphatic carbocycles. The fourth-order valence-electron chi connectivity index (χ4n) is 1.48. The van der Waals surface area contributed by atoms with Crippen molar-refractivity contribution < 1.29 is 5.11 Å². The Balaban J connectivity index is 2.30. The summed E-state index contributed by atoms with van der Waals surface area (Å²) in [6.07, 6.45) is -0.303. The van der Waals surface area contributed by atoms with E-state index in [0.717, 1.165) is 26.2 Å². The van der Waals surface area contributed by atoms with E-state index in [1.54, 1.807) is 0 Å². The van der Waals surface area contributed by atoms with Crippen LogP contribution in [0.2, 0.25) is 0 Å². The summed E-state index contributed by atoms with van der Waals surface area (Å²) in [5.74, 6) is 0. The Morgan fingerprint density at radius 3 is 1.83 bits per heavy atom. The molecular formula is C8H18N2OS. The van der Waals surface area contributed by atoms with Crippen molar-refractivity contribution in [3.05, 3.63) is 0 Å². The van der Waals surface area contributed by atoms with Crippen LogP contribution in [-0.4, -0.2) is 52.7 Å². The first-order chi connectivity index (χ1) is 5.61. The smallest absolute Gasteiger partial charge is 0.104 e. The van der Waals surface area contributed by atoms with Crippen LogP contribution < -0.4 is 0 Å². The van der Waals surface area contributed by atoms with E-state index in [4.69, 9.17) is 0 Å². The third kappa shape index (κ3) is 2.62. The molecule has 72 valence electrons. The second kappa shape index (κ2) is 4.46. The minimum Gasteiger partial charge on any atom is -0.379 e. The van der Waals surface area contributed by atoms with Gasteiger partial charge in [0.05, 0.1) is 0 Å². The van der Waals surface area contributed by atoms with E-state index in [1.165, 1.54) is 0 Å². The molecule has 2 unspecified atom stereocenters. The van der Waals surface area contributed by atoms with Gasteiger partial charge in [0.1, 0.15) is 6.23 Å². The number of hydrogen-bond acceptors (Lipinski definition) is 4. The molecule has 1 saturated heterocycles. The highest BCUT2D eigenvalue weighted by molar-refractivity contribution is 7.80. The van der Waals surface area contributed by atoms with Crippen LogP contribution in [0.15, 0.2) is 0 Å². The molecule has 1 heterocycles. The number of piperazine rings is 1. The van der Waals surface area contributed by atoms with Crippen LogP contribution in [0.5, 0.6) is 0 Å². The van der Waals surface area contributed by atoms with Crippen molar-refractivity contribution in [2.24, 2.45) is 0 Å². The van der Waals surface area contributed by atoms with Crippen molar-refractivity contribution in [3.8, 4) is 0 Å². The van der Waals surface area contributed by atoms with Crippen LogP contribution in [0.4, 0.5) is 0 Å². The zero-order valence-corrected chi connectivity index (χ0v) is 8.67. The topological polar surface area (TPSA) is 26.7 Å². The molecule has 4 heteroatoms. The van der Waals surface area contributed by atoms with Gasteiger partial charge in [0, 0.05) is 31.6 Å². The second-order valence-corrected chi connectivity index (χ2v) is 4.08. The third-order valence-corrected chi connectivity index (χ3v) is 2.73. The summed E-state index contributed by atoms with van der Waals surface area (Å²) in [6, 6.07) is 0. The Morgan fingerprint density at radius 2 is 1.50 bits per heavy atom. The van der Waals surface area contributed by atoms with E-state index in [9.17, 15) is 5.11 Å². The van der Waals surface area contributed by atoms with Gasteiger partial charge in [-0.05, 0) is 13.8 Å². The SMILES string of the molecule is CC(O)N1CCN(C(C)S)CC1. The number of nitrogens with zero attached hydrogens (tertiary/aromatic N) is 2. The third-order valence-electron chi connectivity index (χ3n) is 2.41. The molecule has 0 aromatic rings. The molecule has 12 heavy (non-hydrogen) atoms. The fourth-order valence-corrected chi connectivity index (χ4v) is 1.72. The van der Waals surface area contributed by atoms with Crippen LogP contribution in [0.1, 0.15) is 13.8 Å². The monoisotopic (exact) mass is 190 g/mol. The van der Waals surface area contributed by atoms with Gasteiger partial charge in [0.25, 0.3) is 0 Å². The molecule has 0 aromatic carbocycles. The Kier molecular flexibility index (Phi) is 3.83. The lowest BCUT2D eigenvalue weighted by Gasteiger charge is -2.37. The minimum absolute atomic E-state index is 0.303. The zero-order valence-electron chi connectivity index (χ0n) is 7.77. The molecule has 2 atom stereocenters. The summed E-state index contributed by atoms with van der Waals surface area (Å²) in [5, 5.41) is 9.62. The molecule has 1 N–H and O–H groups in total. The molecule has 0 bridgehead atoms. The molecule has 1 fully saturated rings. The first-order valence-corrected chi connectivity index (χ1v) is 4.97. The van der Waals surface area contributed by atoms with Gasteiger partial charge in [-0.15, -0.1) is 0 Å². The van der Waals surface area contributed by atoms with Crippen molar-refractivity contribution in [2.75, 3.05) is 26.2 Å². The highest BCUT2D eigenvalue weighted by atomic mass is 32.1. The number of hydrogen-bond donors (Lipinski definition) is 2. The lowest BCUT2D eigenvalue weighted by Crippen LogP contribution is -2.50. The summed E-state index contributed by atoms with van der Waals surface area (Å²) < 4.78 is 0. The number of thiol groups is 1. The van der Waals surface area contributed by atoms with E-state index in [0.29, 0.717) is 5.37 Å². The van der Waals surface area contributed by atoms with Crippen LogP contribution in [0, 0.1) is 0 Å². The molecular weight excluding hydrogens is 172 g/mol. The molecule has 0 saturated carbocycles. The first-order valence-electron chi connectivity index (χ1n) is 4.45. The number of aliphatic hydroxyl groups is 1. The van der Waals surface area contributed by atoms with Gasteiger partial charge in [0.2, 0.25) is 0 Å². The summed E-state index contributed by atoms with van der Waals surface area (Å²) in [7, 11) is 0. The number of aliphatic hydroxyl groups excluding tert-OH is 1. The normalized spacial score (nSPS) is 27.0. The van der Waals surface area contributed by atoms with Gasteiger partial charge in [-0.3, -0.25) is 9.80 Å². The Labute approximate surface area is 79.8 Å². The summed E-state index contributed by atoms with van der Waals surface area (Å²) >= 11 is 4.37. The van der Waals surface area contributed by atoms with Crippen molar-refractivity contribution >= 4 is 12.6 Å². The maximum atomic E-state index is 9.29. The number of rotatable bonds is 2. The van der Waals surface area contributed by atoms with Gasteiger partial charge in [-0.25, -0.2) is 0 Å². The fraction of sp³-hybridized carbons (Fsp3) is 1.00. The summed E-state index contributed by atoms with van der Waals surface area (Å²) in [6.45, 7) is 7.82. The standard InChI is InChI=1S/C8H18N2OS/c1-7(11)9-3-5-10(6-4-9)8(2)12/h7-8,11-12H,3-6H2,1-2H3. The lowest BCUT2D eigenvalue weighted by atomic mass is 10.3. The molecule has 1 aliphatic heterocycles. The predicted molar refractivity (Wildman–Crippen MR) is 53.3 cm³/mol. The zero-order chi connectivity index (χ0) is 9.14. The van der Waals surface area contributed by atoms with E-state index in [-0.39, 0.29) is 6.23 Å². The van der Waals surface area contributed by atoms with Gasteiger partial charge >= 0.3 is 0 Å². The van der Waals surface area contributed by atoms with E-state index in [2.05, 4.69) is 29.4 Å². The van der Waals surface area contributed by atoms with Crippen LogP contribution >= 0.6 is 12.6 Å².